The first-order valence-corrected chi connectivity index (χ1v) is 12.5. The standard InChI is InChI=1S/C24H23F2N3O3S2/c1-16-14-28(15-21(33-2)22(30)27-13-17-3-5-18(25)6-4-17)24(32)29(23(16)31)11-12-34-20-9-7-19(26)8-10-20/h3-10,14-15H,11-13H2,1-2H3,(H,27,30)/b21-15-. The number of aromatic nitrogens is 2. The van der Waals surface area contributed by atoms with Crippen LogP contribution in [0.25, 0.3) is 6.20 Å². The zero-order chi connectivity index (χ0) is 24.7. The Hall–Kier alpha value is -3.11. The predicted molar refractivity (Wildman–Crippen MR) is 133 cm³/mol. The number of thioether (sulfide) groups is 2. The van der Waals surface area contributed by atoms with Crippen LogP contribution in [-0.4, -0.2) is 27.1 Å². The Morgan fingerprint density at radius 1 is 1.03 bits per heavy atom. The maximum atomic E-state index is 13.1. The summed E-state index contributed by atoms with van der Waals surface area (Å²) in [5, 5.41) is 2.74. The molecule has 0 fully saturated rings. The first kappa shape index (κ1) is 25.5. The van der Waals surface area contributed by atoms with E-state index in [2.05, 4.69) is 5.32 Å². The smallest absolute Gasteiger partial charge is 0.335 e. The molecule has 0 saturated heterocycles. The fourth-order valence-electron chi connectivity index (χ4n) is 3.04. The van der Waals surface area contributed by atoms with Crippen LogP contribution in [0.3, 0.4) is 0 Å². The molecule has 0 atom stereocenters. The largest absolute Gasteiger partial charge is 0.347 e. The third kappa shape index (κ3) is 6.71. The van der Waals surface area contributed by atoms with Gasteiger partial charge in [-0.15, -0.1) is 23.5 Å². The van der Waals surface area contributed by atoms with E-state index in [0.29, 0.717) is 11.3 Å². The van der Waals surface area contributed by atoms with Gasteiger partial charge in [-0.1, -0.05) is 12.1 Å². The van der Waals surface area contributed by atoms with Gasteiger partial charge in [-0.3, -0.25) is 18.7 Å². The number of halogens is 2. The first-order valence-electron chi connectivity index (χ1n) is 10.3. The van der Waals surface area contributed by atoms with Gasteiger partial charge in [0.05, 0.1) is 4.91 Å². The van der Waals surface area contributed by atoms with E-state index in [1.54, 1.807) is 37.4 Å². The van der Waals surface area contributed by atoms with Gasteiger partial charge >= 0.3 is 5.69 Å². The Balaban J connectivity index is 1.76. The molecule has 1 N–H and O–H groups in total. The summed E-state index contributed by atoms with van der Waals surface area (Å²) in [5.74, 6) is -0.659. The fourth-order valence-corrected chi connectivity index (χ4v) is 4.35. The number of amides is 1. The van der Waals surface area contributed by atoms with Crippen molar-refractivity contribution in [1.29, 1.82) is 0 Å². The van der Waals surface area contributed by atoms with Crippen LogP contribution in [0.15, 0.2) is 74.1 Å². The van der Waals surface area contributed by atoms with E-state index >= 15 is 0 Å². The summed E-state index contributed by atoms with van der Waals surface area (Å²) in [7, 11) is 0. The van der Waals surface area contributed by atoms with Gasteiger partial charge in [-0.25, -0.2) is 13.6 Å². The third-order valence-corrected chi connectivity index (χ3v) is 6.55. The van der Waals surface area contributed by atoms with E-state index in [-0.39, 0.29) is 29.6 Å². The highest BCUT2D eigenvalue weighted by atomic mass is 32.2. The molecular formula is C24H23F2N3O3S2. The van der Waals surface area contributed by atoms with Crippen LogP contribution in [0.2, 0.25) is 0 Å². The van der Waals surface area contributed by atoms with Gasteiger partial charge in [0.2, 0.25) is 0 Å². The van der Waals surface area contributed by atoms with Crippen LogP contribution in [0.1, 0.15) is 11.1 Å². The number of nitrogens with zero attached hydrogens (tertiary/aromatic N) is 2. The molecule has 3 aromatic rings. The Kier molecular flexibility index (Phi) is 8.89. The average molecular weight is 504 g/mol. The summed E-state index contributed by atoms with van der Waals surface area (Å²) in [6, 6.07) is 11.7. The number of aryl methyl sites for hydroxylation is 1. The SMILES string of the molecule is CS/C(=C\n1cc(C)c(=O)n(CCSc2ccc(F)cc2)c1=O)C(=O)NCc1ccc(F)cc1. The second kappa shape index (κ2) is 11.8. The average Bonchev–Trinajstić information content (AvgIpc) is 2.83. The molecule has 0 unspecified atom stereocenters. The van der Waals surface area contributed by atoms with Crippen molar-refractivity contribution in [3.63, 3.8) is 0 Å². The van der Waals surface area contributed by atoms with Gasteiger partial charge in [-0.2, -0.15) is 0 Å². The van der Waals surface area contributed by atoms with Crippen molar-refractivity contribution in [2.24, 2.45) is 0 Å². The number of nitrogens with one attached hydrogen (secondary N) is 1. The molecule has 1 aromatic heterocycles. The van der Waals surface area contributed by atoms with Gasteiger partial charge in [0.1, 0.15) is 11.6 Å². The number of carbonyl (C=O) groups is 1. The van der Waals surface area contributed by atoms with Crippen molar-refractivity contribution in [3.8, 4) is 0 Å². The number of hydrogen-bond donors (Lipinski definition) is 1. The second-order valence-electron chi connectivity index (χ2n) is 7.27. The molecule has 1 heterocycles. The Bertz CT molecular complexity index is 1300. The molecule has 178 valence electrons. The normalized spacial score (nSPS) is 11.5. The fraction of sp³-hybridized carbons (Fsp3) is 0.208. The summed E-state index contributed by atoms with van der Waals surface area (Å²) in [4.78, 5) is 39.2. The van der Waals surface area contributed by atoms with Crippen LogP contribution in [0.4, 0.5) is 8.78 Å². The van der Waals surface area contributed by atoms with Crippen molar-refractivity contribution >= 4 is 35.6 Å². The Labute approximate surface area is 203 Å². The minimum absolute atomic E-state index is 0.153. The van der Waals surface area contributed by atoms with Gasteiger partial charge in [0.25, 0.3) is 11.5 Å². The topological polar surface area (TPSA) is 73.1 Å². The number of benzene rings is 2. The molecule has 0 aliphatic rings. The van der Waals surface area contributed by atoms with Crippen LogP contribution < -0.4 is 16.6 Å². The summed E-state index contributed by atoms with van der Waals surface area (Å²) in [6.45, 7) is 1.95. The first-order chi connectivity index (χ1) is 16.3. The summed E-state index contributed by atoms with van der Waals surface area (Å²) >= 11 is 2.56. The quantitative estimate of drug-likeness (QED) is 0.355. The number of carbonyl (C=O) groups excluding carboxylic acids is 1. The third-order valence-electron chi connectivity index (χ3n) is 4.83. The predicted octanol–water partition coefficient (Wildman–Crippen LogP) is 3.87. The summed E-state index contributed by atoms with van der Waals surface area (Å²) in [6.07, 6.45) is 4.50. The van der Waals surface area contributed by atoms with E-state index in [4.69, 9.17) is 0 Å². The lowest BCUT2D eigenvalue weighted by Gasteiger charge is -2.11. The molecule has 34 heavy (non-hydrogen) atoms. The molecule has 0 radical (unpaired) electrons. The monoisotopic (exact) mass is 503 g/mol. The van der Waals surface area contributed by atoms with E-state index in [1.807, 2.05) is 0 Å². The maximum Gasteiger partial charge on any atom is 0.335 e. The lowest BCUT2D eigenvalue weighted by molar-refractivity contribution is -0.116. The molecule has 0 aliphatic carbocycles. The van der Waals surface area contributed by atoms with E-state index < -0.39 is 17.2 Å². The Morgan fingerprint density at radius 3 is 2.26 bits per heavy atom. The van der Waals surface area contributed by atoms with Gasteiger partial charge < -0.3 is 5.32 Å². The minimum atomic E-state index is -0.562. The number of rotatable bonds is 9. The van der Waals surface area contributed by atoms with E-state index in [1.165, 1.54) is 53.0 Å². The lowest BCUT2D eigenvalue weighted by atomic mass is 10.2. The summed E-state index contributed by atoms with van der Waals surface area (Å²) < 4.78 is 28.5. The van der Waals surface area contributed by atoms with Crippen LogP contribution in [-0.2, 0) is 17.9 Å². The van der Waals surface area contributed by atoms with Crippen molar-refractivity contribution in [2.75, 3.05) is 12.0 Å². The molecule has 6 nitrogen and oxygen atoms in total. The van der Waals surface area contributed by atoms with Crippen LogP contribution in [0, 0.1) is 18.6 Å². The van der Waals surface area contributed by atoms with Crippen molar-refractivity contribution in [1.82, 2.24) is 14.5 Å². The summed E-state index contributed by atoms with van der Waals surface area (Å²) in [5.41, 5.74) is 0.124. The Morgan fingerprint density at radius 2 is 1.65 bits per heavy atom. The molecule has 2 aromatic carbocycles. The van der Waals surface area contributed by atoms with Gasteiger partial charge in [-0.05, 0) is 55.1 Å². The van der Waals surface area contributed by atoms with Crippen molar-refractivity contribution in [3.05, 3.63) is 103 Å². The molecule has 0 saturated carbocycles. The van der Waals surface area contributed by atoms with Gasteiger partial charge in [0.15, 0.2) is 0 Å². The van der Waals surface area contributed by atoms with Gasteiger partial charge in [0, 0.05) is 41.7 Å². The number of hydrogen-bond acceptors (Lipinski definition) is 5. The molecule has 0 spiro atoms. The van der Waals surface area contributed by atoms with Crippen LogP contribution in [0.5, 0.6) is 0 Å². The molecular weight excluding hydrogens is 480 g/mol. The van der Waals surface area contributed by atoms with Crippen molar-refractivity contribution < 1.29 is 13.6 Å². The van der Waals surface area contributed by atoms with E-state index in [9.17, 15) is 23.2 Å². The molecule has 10 heteroatoms. The maximum absolute atomic E-state index is 13.1. The molecule has 3 rings (SSSR count). The molecule has 0 aliphatic heterocycles. The van der Waals surface area contributed by atoms with Crippen LogP contribution >= 0.6 is 23.5 Å². The highest BCUT2D eigenvalue weighted by Crippen LogP contribution is 2.18. The zero-order valence-corrected chi connectivity index (χ0v) is 20.2. The highest BCUT2D eigenvalue weighted by Gasteiger charge is 2.12. The molecule has 0 bridgehead atoms. The van der Waals surface area contributed by atoms with Crippen molar-refractivity contribution in [2.45, 2.75) is 24.9 Å². The van der Waals surface area contributed by atoms with E-state index in [0.717, 1.165) is 26.8 Å². The zero-order valence-electron chi connectivity index (χ0n) is 18.6. The minimum Gasteiger partial charge on any atom is -0.347 e. The second-order valence-corrected chi connectivity index (χ2v) is 9.28. The molecule has 1 amide bonds. The lowest BCUT2D eigenvalue weighted by Crippen LogP contribution is -2.40. The highest BCUT2D eigenvalue weighted by molar-refractivity contribution is 8.03.